The fourth-order valence-corrected chi connectivity index (χ4v) is 3.71. The van der Waals surface area contributed by atoms with Gasteiger partial charge in [0.1, 0.15) is 17.9 Å². The summed E-state index contributed by atoms with van der Waals surface area (Å²) >= 11 is 0. The van der Waals surface area contributed by atoms with Crippen LogP contribution < -0.4 is 15.4 Å². The number of fused-ring (bicyclic) bond motifs is 1. The van der Waals surface area contributed by atoms with Gasteiger partial charge in [0.15, 0.2) is 12.2 Å². The van der Waals surface area contributed by atoms with Gasteiger partial charge in [-0.05, 0) is 68.3 Å². The van der Waals surface area contributed by atoms with Crippen molar-refractivity contribution in [1.29, 1.82) is 0 Å². The minimum atomic E-state index is -0.605. The van der Waals surface area contributed by atoms with Crippen LogP contribution in [0, 0.1) is 0 Å². The number of carbonyl (C=O) groups excluding carboxylic acids is 2. The SMILES string of the molecule is CN(C(=O)Cn1c(=O)oc2ccc(-c3cccc(OCC(=O)OC(C)(C)C)c3)cc21)c1ccccc1. The second kappa shape index (κ2) is 10.1. The van der Waals surface area contributed by atoms with Crippen molar-refractivity contribution in [3.05, 3.63) is 83.3 Å². The second-order valence-corrected chi connectivity index (χ2v) is 9.33. The van der Waals surface area contributed by atoms with Crippen LogP contribution in [0.5, 0.6) is 5.75 Å². The summed E-state index contributed by atoms with van der Waals surface area (Å²) in [6, 6.07) is 21.8. The molecular formula is C28H28N2O6. The van der Waals surface area contributed by atoms with Crippen molar-refractivity contribution >= 4 is 28.7 Å². The summed E-state index contributed by atoms with van der Waals surface area (Å²) in [6.45, 7) is 5.01. The third-order valence-electron chi connectivity index (χ3n) is 5.42. The zero-order valence-corrected chi connectivity index (χ0v) is 20.7. The standard InChI is InChI=1S/C28H28N2O6/c1-28(2,3)36-26(32)18-34-22-12-8-9-19(15-22)20-13-14-24-23(16-20)30(27(33)35-24)17-25(31)29(4)21-10-6-5-7-11-21/h5-16H,17-18H2,1-4H3. The van der Waals surface area contributed by atoms with Crippen molar-refractivity contribution in [3.8, 4) is 16.9 Å². The number of aromatic nitrogens is 1. The number of esters is 1. The molecule has 1 aromatic heterocycles. The molecule has 36 heavy (non-hydrogen) atoms. The number of nitrogens with zero attached hydrogens (tertiary/aromatic N) is 2. The maximum absolute atomic E-state index is 12.9. The van der Waals surface area contributed by atoms with Gasteiger partial charge in [-0.3, -0.25) is 9.36 Å². The van der Waals surface area contributed by atoms with E-state index in [0.29, 0.717) is 16.8 Å². The lowest BCUT2D eigenvalue weighted by Crippen LogP contribution is -2.32. The second-order valence-electron chi connectivity index (χ2n) is 9.33. The van der Waals surface area contributed by atoms with Crippen LogP contribution in [0.3, 0.4) is 0 Å². The van der Waals surface area contributed by atoms with Crippen LogP contribution in [0.1, 0.15) is 20.8 Å². The first-order chi connectivity index (χ1) is 17.1. The van der Waals surface area contributed by atoms with Gasteiger partial charge >= 0.3 is 11.7 Å². The lowest BCUT2D eigenvalue weighted by atomic mass is 10.0. The molecule has 0 aliphatic rings. The van der Waals surface area contributed by atoms with Gasteiger partial charge in [-0.15, -0.1) is 0 Å². The molecule has 0 unspecified atom stereocenters. The molecule has 186 valence electrons. The number of anilines is 1. The summed E-state index contributed by atoms with van der Waals surface area (Å²) < 4.78 is 17.6. The zero-order valence-electron chi connectivity index (χ0n) is 20.7. The fourth-order valence-electron chi connectivity index (χ4n) is 3.71. The number of benzene rings is 3. The maximum Gasteiger partial charge on any atom is 0.420 e. The highest BCUT2D eigenvalue weighted by molar-refractivity contribution is 5.93. The average Bonchev–Trinajstić information content (AvgIpc) is 3.16. The molecule has 1 heterocycles. The third kappa shape index (κ3) is 5.83. The largest absolute Gasteiger partial charge is 0.482 e. The summed E-state index contributed by atoms with van der Waals surface area (Å²) in [6.07, 6.45) is 0. The van der Waals surface area contributed by atoms with E-state index in [2.05, 4.69) is 0 Å². The van der Waals surface area contributed by atoms with E-state index in [-0.39, 0.29) is 19.1 Å². The van der Waals surface area contributed by atoms with E-state index in [0.717, 1.165) is 16.8 Å². The summed E-state index contributed by atoms with van der Waals surface area (Å²) in [5.41, 5.74) is 2.64. The predicted octanol–water partition coefficient (Wildman–Crippen LogP) is 4.65. The number of hydrogen-bond acceptors (Lipinski definition) is 6. The molecule has 0 aliphatic heterocycles. The van der Waals surface area contributed by atoms with Gasteiger partial charge in [-0.2, -0.15) is 0 Å². The van der Waals surface area contributed by atoms with Crippen molar-refractivity contribution in [1.82, 2.24) is 4.57 Å². The van der Waals surface area contributed by atoms with Crippen LogP contribution in [-0.2, 0) is 20.9 Å². The molecule has 0 bridgehead atoms. The summed E-state index contributed by atoms with van der Waals surface area (Å²) in [4.78, 5) is 38.9. The van der Waals surface area contributed by atoms with Crippen molar-refractivity contribution < 1.29 is 23.5 Å². The van der Waals surface area contributed by atoms with E-state index >= 15 is 0 Å². The van der Waals surface area contributed by atoms with Crippen molar-refractivity contribution in [3.63, 3.8) is 0 Å². The van der Waals surface area contributed by atoms with E-state index in [4.69, 9.17) is 13.9 Å². The minimum Gasteiger partial charge on any atom is -0.482 e. The molecule has 4 aromatic rings. The highest BCUT2D eigenvalue weighted by Gasteiger charge is 2.18. The number of amides is 1. The monoisotopic (exact) mass is 488 g/mol. The molecule has 0 fully saturated rings. The van der Waals surface area contributed by atoms with Crippen molar-refractivity contribution in [2.24, 2.45) is 0 Å². The van der Waals surface area contributed by atoms with E-state index < -0.39 is 17.3 Å². The summed E-state index contributed by atoms with van der Waals surface area (Å²) in [5.74, 6) is -0.815. The van der Waals surface area contributed by atoms with Gasteiger partial charge in [0, 0.05) is 12.7 Å². The summed E-state index contributed by atoms with van der Waals surface area (Å²) in [5, 5.41) is 0. The molecule has 3 aromatic carbocycles. The van der Waals surface area contributed by atoms with Crippen LogP contribution in [0.15, 0.2) is 82.0 Å². The van der Waals surface area contributed by atoms with Crippen LogP contribution in [-0.4, -0.2) is 35.7 Å². The molecule has 0 saturated heterocycles. The van der Waals surface area contributed by atoms with E-state index in [1.54, 1.807) is 52.1 Å². The Labute approximate surface area is 208 Å². The Hall–Kier alpha value is -4.33. The molecule has 0 saturated carbocycles. The van der Waals surface area contributed by atoms with Crippen LogP contribution in [0.25, 0.3) is 22.2 Å². The number of hydrogen-bond donors (Lipinski definition) is 0. The smallest absolute Gasteiger partial charge is 0.420 e. The van der Waals surface area contributed by atoms with Gasteiger partial charge in [0.25, 0.3) is 0 Å². The molecule has 0 spiro atoms. The van der Waals surface area contributed by atoms with E-state index in [9.17, 15) is 14.4 Å². The average molecular weight is 489 g/mol. The first kappa shape index (κ1) is 24.8. The molecule has 4 rings (SSSR count). The number of para-hydroxylation sites is 1. The number of ether oxygens (including phenoxy) is 2. The normalized spacial score (nSPS) is 11.3. The van der Waals surface area contributed by atoms with Crippen LogP contribution >= 0.6 is 0 Å². The first-order valence-corrected chi connectivity index (χ1v) is 11.5. The maximum atomic E-state index is 12.9. The topological polar surface area (TPSA) is 91.0 Å². The highest BCUT2D eigenvalue weighted by Crippen LogP contribution is 2.27. The summed E-state index contributed by atoms with van der Waals surface area (Å²) in [7, 11) is 1.67. The van der Waals surface area contributed by atoms with Gasteiger partial charge in [0.2, 0.25) is 5.91 Å². The Bertz CT molecular complexity index is 1450. The Morgan fingerprint density at radius 1 is 0.944 bits per heavy atom. The minimum absolute atomic E-state index is 0.167. The Morgan fingerprint density at radius 2 is 1.67 bits per heavy atom. The molecule has 8 heteroatoms. The lowest BCUT2D eigenvalue weighted by molar-refractivity contribution is -0.157. The highest BCUT2D eigenvalue weighted by atomic mass is 16.6. The fraction of sp³-hybridized carbons (Fsp3) is 0.250. The van der Waals surface area contributed by atoms with Gasteiger partial charge in [-0.1, -0.05) is 36.4 Å². The number of rotatable bonds is 7. The Morgan fingerprint density at radius 3 is 2.39 bits per heavy atom. The van der Waals surface area contributed by atoms with Crippen molar-refractivity contribution in [2.75, 3.05) is 18.6 Å². The van der Waals surface area contributed by atoms with E-state index in [1.807, 2.05) is 48.5 Å². The lowest BCUT2D eigenvalue weighted by Gasteiger charge is -2.19. The van der Waals surface area contributed by atoms with Crippen LogP contribution in [0.4, 0.5) is 5.69 Å². The molecule has 8 nitrogen and oxygen atoms in total. The number of likely N-dealkylation sites (N-methyl/N-ethyl adjacent to an activating group) is 1. The molecule has 0 aliphatic carbocycles. The van der Waals surface area contributed by atoms with Gasteiger partial charge in [-0.25, -0.2) is 9.59 Å². The third-order valence-corrected chi connectivity index (χ3v) is 5.42. The van der Waals surface area contributed by atoms with Crippen molar-refractivity contribution in [2.45, 2.75) is 32.9 Å². The molecule has 0 N–H and O–H groups in total. The number of oxazole rings is 1. The Kier molecular flexibility index (Phi) is 6.96. The quantitative estimate of drug-likeness (QED) is 0.352. The van der Waals surface area contributed by atoms with E-state index in [1.165, 1.54) is 9.47 Å². The molecule has 0 atom stereocenters. The molecular weight excluding hydrogens is 460 g/mol. The molecule has 1 amide bonds. The number of carbonyl (C=O) groups is 2. The zero-order chi connectivity index (χ0) is 25.9. The Balaban J connectivity index is 1.56. The molecule has 0 radical (unpaired) electrons. The predicted molar refractivity (Wildman–Crippen MR) is 137 cm³/mol. The van der Waals surface area contributed by atoms with Gasteiger partial charge in [0.05, 0.1) is 5.52 Å². The first-order valence-electron chi connectivity index (χ1n) is 11.5. The van der Waals surface area contributed by atoms with Crippen LogP contribution in [0.2, 0.25) is 0 Å². The van der Waals surface area contributed by atoms with Gasteiger partial charge < -0.3 is 18.8 Å².